The monoisotopic (exact) mass is 269 g/mol. The number of benzene rings is 1. The maximum absolute atomic E-state index is 13.8. The van der Waals surface area contributed by atoms with Crippen LogP contribution >= 0.6 is 0 Å². The summed E-state index contributed by atoms with van der Waals surface area (Å²) in [5, 5.41) is 3.28. The van der Waals surface area contributed by atoms with Crippen molar-refractivity contribution in [3.8, 4) is 0 Å². The molecule has 2 rings (SSSR count). The zero-order chi connectivity index (χ0) is 14.0. The molecule has 0 radical (unpaired) electrons. The first-order valence-corrected chi connectivity index (χ1v) is 6.59. The Morgan fingerprint density at radius 3 is 2.47 bits per heavy atom. The SMILES string of the molecule is CC(C)(C(N)c1ccc(F)cc1F)N1CCNCC1. The lowest BCUT2D eigenvalue weighted by Gasteiger charge is -2.45. The van der Waals surface area contributed by atoms with Crippen LogP contribution in [0.25, 0.3) is 0 Å². The molecule has 1 atom stereocenters. The molecular formula is C14H21F2N3. The van der Waals surface area contributed by atoms with Gasteiger partial charge < -0.3 is 11.1 Å². The Labute approximate surface area is 112 Å². The van der Waals surface area contributed by atoms with Gasteiger partial charge in [0.25, 0.3) is 0 Å². The number of rotatable bonds is 3. The second-order valence-corrected chi connectivity index (χ2v) is 5.53. The number of nitrogens with zero attached hydrogens (tertiary/aromatic N) is 1. The summed E-state index contributed by atoms with van der Waals surface area (Å²) in [4.78, 5) is 2.25. The highest BCUT2D eigenvalue weighted by molar-refractivity contribution is 5.25. The summed E-state index contributed by atoms with van der Waals surface area (Å²) in [6, 6.07) is 3.10. The minimum absolute atomic E-state index is 0.366. The average Bonchev–Trinajstić information content (AvgIpc) is 2.39. The number of hydrogen-bond acceptors (Lipinski definition) is 3. The Hall–Kier alpha value is -1.04. The molecule has 0 aromatic heterocycles. The van der Waals surface area contributed by atoms with Gasteiger partial charge in [0.15, 0.2) is 0 Å². The topological polar surface area (TPSA) is 41.3 Å². The molecule has 1 aromatic rings. The Morgan fingerprint density at radius 1 is 1.26 bits per heavy atom. The van der Waals surface area contributed by atoms with E-state index < -0.39 is 17.7 Å². The summed E-state index contributed by atoms with van der Waals surface area (Å²) in [5.74, 6) is -1.15. The van der Waals surface area contributed by atoms with Crippen LogP contribution in [-0.2, 0) is 0 Å². The molecule has 1 unspecified atom stereocenters. The van der Waals surface area contributed by atoms with Crippen LogP contribution in [0.3, 0.4) is 0 Å². The van der Waals surface area contributed by atoms with Gasteiger partial charge in [-0.2, -0.15) is 0 Å². The van der Waals surface area contributed by atoms with Gasteiger partial charge in [0.1, 0.15) is 11.6 Å². The van der Waals surface area contributed by atoms with Gasteiger partial charge in [-0.05, 0) is 19.9 Å². The molecule has 0 aliphatic carbocycles. The van der Waals surface area contributed by atoms with Crippen molar-refractivity contribution in [3.63, 3.8) is 0 Å². The van der Waals surface area contributed by atoms with Crippen LogP contribution in [0.5, 0.6) is 0 Å². The predicted octanol–water partition coefficient (Wildman–Crippen LogP) is 1.65. The summed E-state index contributed by atoms with van der Waals surface area (Å²) in [7, 11) is 0. The molecule has 1 aliphatic heterocycles. The highest BCUT2D eigenvalue weighted by atomic mass is 19.1. The van der Waals surface area contributed by atoms with E-state index in [1.54, 1.807) is 0 Å². The first kappa shape index (κ1) is 14.4. The van der Waals surface area contributed by atoms with E-state index in [2.05, 4.69) is 10.2 Å². The van der Waals surface area contributed by atoms with Gasteiger partial charge in [-0.3, -0.25) is 4.90 Å². The quantitative estimate of drug-likeness (QED) is 0.876. The number of hydrogen-bond donors (Lipinski definition) is 2. The van der Waals surface area contributed by atoms with Gasteiger partial charge in [0.05, 0.1) is 6.04 Å². The molecular weight excluding hydrogens is 248 g/mol. The first-order chi connectivity index (χ1) is 8.93. The Kier molecular flexibility index (Phi) is 4.18. The van der Waals surface area contributed by atoms with Gasteiger partial charge in [-0.25, -0.2) is 8.78 Å². The minimum atomic E-state index is -0.576. The molecule has 0 amide bonds. The Balaban J connectivity index is 2.23. The molecule has 3 nitrogen and oxygen atoms in total. The van der Waals surface area contributed by atoms with Gasteiger partial charge in [-0.1, -0.05) is 6.07 Å². The zero-order valence-corrected chi connectivity index (χ0v) is 11.4. The molecule has 1 aromatic carbocycles. The number of nitrogens with one attached hydrogen (secondary N) is 1. The first-order valence-electron chi connectivity index (χ1n) is 6.59. The van der Waals surface area contributed by atoms with Gasteiger partial charge in [-0.15, -0.1) is 0 Å². The smallest absolute Gasteiger partial charge is 0.130 e. The van der Waals surface area contributed by atoms with Crippen LogP contribution in [0, 0.1) is 11.6 Å². The third-order valence-electron chi connectivity index (χ3n) is 3.99. The van der Waals surface area contributed by atoms with E-state index >= 15 is 0 Å². The maximum Gasteiger partial charge on any atom is 0.130 e. The summed E-state index contributed by atoms with van der Waals surface area (Å²) in [5.41, 5.74) is 6.22. The fourth-order valence-electron chi connectivity index (χ4n) is 2.57. The molecule has 1 aliphatic rings. The fraction of sp³-hybridized carbons (Fsp3) is 0.571. The lowest BCUT2D eigenvalue weighted by atomic mass is 9.87. The molecule has 1 heterocycles. The Bertz CT molecular complexity index is 442. The second kappa shape index (κ2) is 5.53. The van der Waals surface area contributed by atoms with Crippen LogP contribution in [0.15, 0.2) is 18.2 Å². The van der Waals surface area contributed by atoms with Crippen molar-refractivity contribution < 1.29 is 8.78 Å². The minimum Gasteiger partial charge on any atom is -0.322 e. The average molecular weight is 269 g/mol. The van der Waals surface area contributed by atoms with E-state index in [1.165, 1.54) is 12.1 Å². The van der Waals surface area contributed by atoms with Crippen LogP contribution in [0.4, 0.5) is 8.78 Å². The second-order valence-electron chi connectivity index (χ2n) is 5.53. The van der Waals surface area contributed by atoms with Crippen molar-refractivity contribution in [2.24, 2.45) is 5.73 Å². The molecule has 5 heteroatoms. The van der Waals surface area contributed by atoms with E-state index in [9.17, 15) is 8.78 Å². The molecule has 1 fully saturated rings. The van der Waals surface area contributed by atoms with Gasteiger partial charge >= 0.3 is 0 Å². The van der Waals surface area contributed by atoms with E-state index in [1.807, 2.05) is 13.8 Å². The largest absolute Gasteiger partial charge is 0.322 e. The van der Waals surface area contributed by atoms with Crippen LogP contribution < -0.4 is 11.1 Å². The van der Waals surface area contributed by atoms with E-state index in [0.29, 0.717) is 5.56 Å². The van der Waals surface area contributed by atoms with Gasteiger partial charge in [0, 0.05) is 43.3 Å². The van der Waals surface area contributed by atoms with E-state index in [0.717, 1.165) is 32.2 Å². The highest BCUT2D eigenvalue weighted by Crippen LogP contribution is 2.30. The van der Waals surface area contributed by atoms with Crippen molar-refractivity contribution in [2.45, 2.75) is 25.4 Å². The highest BCUT2D eigenvalue weighted by Gasteiger charge is 2.35. The summed E-state index contributed by atoms with van der Waals surface area (Å²) >= 11 is 0. The number of halogens is 2. The van der Waals surface area contributed by atoms with Crippen molar-refractivity contribution in [1.29, 1.82) is 0 Å². The Morgan fingerprint density at radius 2 is 1.89 bits per heavy atom. The van der Waals surface area contributed by atoms with E-state index in [4.69, 9.17) is 5.73 Å². The molecule has 0 saturated carbocycles. The fourth-order valence-corrected chi connectivity index (χ4v) is 2.57. The molecule has 3 N–H and O–H groups in total. The zero-order valence-electron chi connectivity index (χ0n) is 11.4. The van der Waals surface area contributed by atoms with E-state index in [-0.39, 0.29) is 5.54 Å². The third-order valence-corrected chi connectivity index (χ3v) is 3.99. The van der Waals surface area contributed by atoms with Gasteiger partial charge in [0.2, 0.25) is 0 Å². The lowest BCUT2D eigenvalue weighted by molar-refractivity contribution is 0.0789. The summed E-state index contributed by atoms with van der Waals surface area (Å²) < 4.78 is 26.8. The molecule has 0 spiro atoms. The van der Waals surface area contributed by atoms with Crippen molar-refractivity contribution in [2.75, 3.05) is 26.2 Å². The molecule has 19 heavy (non-hydrogen) atoms. The number of nitrogens with two attached hydrogens (primary N) is 1. The van der Waals surface area contributed by atoms with Crippen molar-refractivity contribution in [1.82, 2.24) is 10.2 Å². The molecule has 0 bridgehead atoms. The standard InChI is InChI=1S/C14H21F2N3/c1-14(2,19-7-5-18-6-8-19)13(17)11-4-3-10(15)9-12(11)16/h3-4,9,13,18H,5-8,17H2,1-2H3. The summed E-state index contributed by atoms with van der Waals surface area (Å²) in [6.45, 7) is 7.58. The summed E-state index contributed by atoms with van der Waals surface area (Å²) in [6.07, 6.45) is 0. The third kappa shape index (κ3) is 2.94. The van der Waals surface area contributed by atoms with Crippen LogP contribution in [-0.4, -0.2) is 36.6 Å². The predicted molar refractivity (Wildman–Crippen MR) is 71.8 cm³/mol. The lowest BCUT2D eigenvalue weighted by Crippen LogP contribution is -2.57. The van der Waals surface area contributed by atoms with Crippen LogP contribution in [0.2, 0.25) is 0 Å². The van der Waals surface area contributed by atoms with Crippen molar-refractivity contribution in [3.05, 3.63) is 35.4 Å². The molecule has 1 saturated heterocycles. The van der Waals surface area contributed by atoms with Crippen LogP contribution in [0.1, 0.15) is 25.5 Å². The molecule has 106 valence electrons. The maximum atomic E-state index is 13.8. The normalized spacial score (nSPS) is 19.4. The number of piperazine rings is 1. The van der Waals surface area contributed by atoms with Crippen molar-refractivity contribution >= 4 is 0 Å².